The number of carbonyl (C=O) groups excluding carboxylic acids is 2. The number of carbonyl (C=O) groups is 2. The molecule has 1 atom stereocenters. The normalized spacial score (nSPS) is 18.7. The van der Waals surface area contributed by atoms with Crippen LogP contribution in [0.25, 0.3) is 10.2 Å². The van der Waals surface area contributed by atoms with Crippen LogP contribution in [0.5, 0.6) is 0 Å². The molecule has 3 heterocycles. The molecule has 2 aromatic rings. The summed E-state index contributed by atoms with van der Waals surface area (Å²) in [5.74, 6) is -0.523. The summed E-state index contributed by atoms with van der Waals surface area (Å²) < 4.78 is 1.26. The molecule has 0 radical (unpaired) electrons. The van der Waals surface area contributed by atoms with Crippen LogP contribution >= 0.6 is 11.3 Å². The molecule has 1 fully saturated rings. The van der Waals surface area contributed by atoms with Crippen LogP contribution in [0.2, 0.25) is 0 Å². The van der Waals surface area contributed by atoms with E-state index in [1.165, 1.54) is 22.2 Å². The second-order valence-electron chi connectivity index (χ2n) is 5.22. The lowest BCUT2D eigenvalue weighted by molar-refractivity contribution is -0.129. The molecule has 1 saturated heterocycles. The van der Waals surface area contributed by atoms with Crippen molar-refractivity contribution in [3.63, 3.8) is 0 Å². The molecule has 8 heteroatoms. The van der Waals surface area contributed by atoms with E-state index in [-0.39, 0.29) is 23.9 Å². The fourth-order valence-electron chi connectivity index (χ4n) is 2.48. The van der Waals surface area contributed by atoms with Crippen molar-refractivity contribution in [3.05, 3.63) is 28.1 Å². The molecule has 0 saturated carbocycles. The van der Waals surface area contributed by atoms with Crippen LogP contribution in [0, 0.1) is 0 Å². The van der Waals surface area contributed by atoms with Gasteiger partial charge in [-0.3, -0.25) is 19.0 Å². The van der Waals surface area contributed by atoms with Gasteiger partial charge in [0, 0.05) is 6.54 Å². The summed E-state index contributed by atoms with van der Waals surface area (Å²) in [6.07, 6.45) is 3.78. The van der Waals surface area contributed by atoms with Crippen molar-refractivity contribution < 1.29 is 9.59 Å². The van der Waals surface area contributed by atoms with Gasteiger partial charge in [0.2, 0.25) is 11.8 Å². The van der Waals surface area contributed by atoms with Crippen LogP contribution < -0.4 is 16.2 Å². The van der Waals surface area contributed by atoms with Crippen molar-refractivity contribution in [1.29, 1.82) is 0 Å². The van der Waals surface area contributed by atoms with Crippen molar-refractivity contribution in [3.8, 4) is 0 Å². The van der Waals surface area contributed by atoms with Crippen molar-refractivity contribution in [2.75, 3.05) is 6.54 Å². The highest BCUT2D eigenvalue weighted by molar-refractivity contribution is 7.16. The van der Waals surface area contributed by atoms with Gasteiger partial charge in [0.15, 0.2) is 0 Å². The minimum Gasteiger partial charge on any atom is -0.354 e. The standard InChI is InChI=1S/C14H16N4O3S/c19-11(17-10-3-1-2-5-15-12(10)20)7-18-8-16-13-9(14(18)21)4-6-22-13/h4,6,8,10H,1-3,5,7H2,(H,15,20)(H,17,19)/t10-/m0/s1. The fraction of sp³-hybridized carbons (Fsp3) is 0.429. The Hall–Kier alpha value is -2.22. The predicted molar refractivity (Wildman–Crippen MR) is 82.7 cm³/mol. The first-order valence-electron chi connectivity index (χ1n) is 7.15. The van der Waals surface area contributed by atoms with Gasteiger partial charge in [-0.05, 0) is 30.7 Å². The molecule has 1 aliphatic heterocycles. The molecule has 1 aliphatic rings. The van der Waals surface area contributed by atoms with Gasteiger partial charge in [-0.1, -0.05) is 0 Å². The highest BCUT2D eigenvalue weighted by atomic mass is 32.1. The first kappa shape index (κ1) is 14.7. The number of rotatable bonds is 3. The van der Waals surface area contributed by atoms with E-state index in [1.54, 1.807) is 11.4 Å². The Morgan fingerprint density at radius 2 is 2.32 bits per heavy atom. The van der Waals surface area contributed by atoms with E-state index in [4.69, 9.17) is 0 Å². The Kier molecular flexibility index (Phi) is 4.19. The highest BCUT2D eigenvalue weighted by Crippen LogP contribution is 2.13. The summed E-state index contributed by atoms with van der Waals surface area (Å²) in [5.41, 5.74) is -0.244. The maximum absolute atomic E-state index is 12.2. The van der Waals surface area contributed by atoms with E-state index >= 15 is 0 Å². The van der Waals surface area contributed by atoms with Crippen LogP contribution in [-0.2, 0) is 16.1 Å². The minimum atomic E-state index is -0.525. The number of nitrogens with one attached hydrogen (secondary N) is 2. The molecule has 0 aliphatic carbocycles. The van der Waals surface area contributed by atoms with Gasteiger partial charge < -0.3 is 10.6 Å². The topological polar surface area (TPSA) is 93.1 Å². The van der Waals surface area contributed by atoms with E-state index in [9.17, 15) is 14.4 Å². The highest BCUT2D eigenvalue weighted by Gasteiger charge is 2.22. The van der Waals surface area contributed by atoms with Crippen LogP contribution in [0.4, 0.5) is 0 Å². The molecule has 0 aromatic carbocycles. The molecule has 0 spiro atoms. The van der Waals surface area contributed by atoms with E-state index in [0.29, 0.717) is 23.2 Å². The van der Waals surface area contributed by atoms with E-state index in [2.05, 4.69) is 15.6 Å². The fourth-order valence-corrected chi connectivity index (χ4v) is 3.20. The maximum atomic E-state index is 12.2. The maximum Gasteiger partial charge on any atom is 0.262 e. The number of fused-ring (bicyclic) bond motifs is 1. The molecule has 7 nitrogen and oxygen atoms in total. The van der Waals surface area contributed by atoms with Gasteiger partial charge in [0.05, 0.1) is 11.7 Å². The average molecular weight is 320 g/mol. The monoisotopic (exact) mass is 320 g/mol. The average Bonchev–Trinajstić information content (AvgIpc) is 2.89. The zero-order chi connectivity index (χ0) is 15.5. The van der Waals surface area contributed by atoms with Crippen LogP contribution in [0.1, 0.15) is 19.3 Å². The first-order chi connectivity index (χ1) is 10.6. The smallest absolute Gasteiger partial charge is 0.262 e. The molecule has 0 unspecified atom stereocenters. The minimum absolute atomic E-state index is 0.138. The lowest BCUT2D eigenvalue weighted by Crippen LogP contribution is -2.47. The van der Waals surface area contributed by atoms with Gasteiger partial charge >= 0.3 is 0 Å². The molecule has 2 amide bonds. The van der Waals surface area contributed by atoms with Crippen molar-refractivity contribution in [2.24, 2.45) is 0 Å². The number of thiophene rings is 1. The summed E-state index contributed by atoms with van der Waals surface area (Å²) >= 11 is 1.38. The number of hydrogen-bond acceptors (Lipinski definition) is 5. The summed E-state index contributed by atoms with van der Waals surface area (Å²) in [7, 11) is 0. The Bertz CT molecular complexity index is 767. The quantitative estimate of drug-likeness (QED) is 0.847. The molecule has 22 heavy (non-hydrogen) atoms. The molecular weight excluding hydrogens is 304 g/mol. The Balaban J connectivity index is 1.71. The van der Waals surface area contributed by atoms with Crippen molar-refractivity contribution >= 4 is 33.4 Å². The number of nitrogens with zero attached hydrogens (tertiary/aromatic N) is 2. The largest absolute Gasteiger partial charge is 0.354 e. The SMILES string of the molecule is O=C(Cn1cnc2sccc2c1=O)N[C@H]1CCCCNC1=O. The van der Waals surface area contributed by atoms with E-state index in [1.807, 2.05) is 0 Å². The first-order valence-corrected chi connectivity index (χ1v) is 8.03. The second kappa shape index (κ2) is 6.27. The van der Waals surface area contributed by atoms with Crippen molar-refractivity contribution in [2.45, 2.75) is 31.8 Å². The van der Waals surface area contributed by atoms with Gasteiger partial charge in [0.1, 0.15) is 17.4 Å². The molecule has 0 bridgehead atoms. The predicted octanol–water partition coefficient (Wildman–Crippen LogP) is 0.243. The van der Waals surface area contributed by atoms with Gasteiger partial charge in [-0.2, -0.15) is 0 Å². The lowest BCUT2D eigenvalue weighted by Gasteiger charge is -2.15. The Labute approximate surface area is 130 Å². The number of aromatic nitrogens is 2. The molecule has 3 rings (SSSR count). The molecule has 116 valence electrons. The van der Waals surface area contributed by atoms with E-state index in [0.717, 1.165) is 12.8 Å². The second-order valence-corrected chi connectivity index (χ2v) is 6.12. The van der Waals surface area contributed by atoms with E-state index < -0.39 is 6.04 Å². The van der Waals surface area contributed by atoms with Crippen LogP contribution in [0.3, 0.4) is 0 Å². The molecular formula is C14H16N4O3S. The summed E-state index contributed by atoms with van der Waals surface area (Å²) in [5, 5.41) is 7.75. The summed E-state index contributed by atoms with van der Waals surface area (Å²) in [4.78, 5) is 40.9. The zero-order valence-corrected chi connectivity index (χ0v) is 12.7. The third kappa shape index (κ3) is 3.01. The lowest BCUT2D eigenvalue weighted by atomic mass is 10.1. The van der Waals surface area contributed by atoms with Crippen molar-refractivity contribution in [1.82, 2.24) is 20.2 Å². The molecule has 2 aromatic heterocycles. The summed E-state index contributed by atoms with van der Waals surface area (Å²) in [6.45, 7) is 0.505. The molecule has 2 N–H and O–H groups in total. The Morgan fingerprint density at radius 1 is 1.45 bits per heavy atom. The summed E-state index contributed by atoms with van der Waals surface area (Å²) in [6, 6.07) is 1.17. The van der Waals surface area contributed by atoms with Gasteiger partial charge in [0.25, 0.3) is 5.56 Å². The number of amides is 2. The third-order valence-electron chi connectivity index (χ3n) is 3.63. The third-order valence-corrected chi connectivity index (χ3v) is 4.46. The van der Waals surface area contributed by atoms with Crippen LogP contribution in [-0.4, -0.2) is 34.0 Å². The zero-order valence-electron chi connectivity index (χ0n) is 11.9. The Morgan fingerprint density at radius 3 is 3.18 bits per heavy atom. The van der Waals surface area contributed by atoms with Gasteiger partial charge in [-0.15, -0.1) is 11.3 Å². The van der Waals surface area contributed by atoms with Crippen LogP contribution in [0.15, 0.2) is 22.6 Å². The van der Waals surface area contributed by atoms with Gasteiger partial charge in [-0.25, -0.2) is 4.98 Å². The number of hydrogen-bond donors (Lipinski definition) is 2.